The summed E-state index contributed by atoms with van der Waals surface area (Å²) < 4.78 is 1.82. The van der Waals surface area contributed by atoms with Crippen LogP contribution in [0.15, 0.2) is 67.0 Å². The summed E-state index contributed by atoms with van der Waals surface area (Å²) in [7, 11) is 0. The first-order chi connectivity index (χ1) is 16.1. The standard InChI is InChI=1S/C26H25N5O2/c1-18-8-7-11-22(26(33)30-12-5-6-13-30)23(18)29-25(32)21-14-20-16-28-31(24(20)27-15-21)17-19-9-3-2-4-10-19/h2-4,7-11,14-16H,5-6,12-13,17H2,1H3,(H,29,32). The number of anilines is 1. The van der Waals surface area contributed by atoms with Gasteiger partial charge in [0.2, 0.25) is 0 Å². The second-order valence-electron chi connectivity index (χ2n) is 8.38. The number of fused-ring (bicyclic) bond motifs is 1. The monoisotopic (exact) mass is 439 g/mol. The number of amides is 2. The highest BCUT2D eigenvalue weighted by atomic mass is 16.2. The van der Waals surface area contributed by atoms with Crippen molar-refractivity contribution in [1.82, 2.24) is 19.7 Å². The van der Waals surface area contributed by atoms with Crippen LogP contribution >= 0.6 is 0 Å². The Balaban J connectivity index is 1.39. The molecule has 0 aliphatic carbocycles. The van der Waals surface area contributed by atoms with Crippen LogP contribution in [-0.4, -0.2) is 44.6 Å². The van der Waals surface area contributed by atoms with Crippen LogP contribution in [0.3, 0.4) is 0 Å². The van der Waals surface area contributed by atoms with Crippen molar-refractivity contribution < 1.29 is 9.59 Å². The van der Waals surface area contributed by atoms with E-state index in [0.717, 1.165) is 48.1 Å². The fourth-order valence-electron chi connectivity index (χ4n) is 4.26. The van der Waals surface area contributed by atoms with Crippen LogP contribution in [0.5, 0.6) is 0 Å². The number of nitrogens with zero attached hydrogens (tertiary/aromatic N) is 4. The zero-order valence-corrected chi connectivity index (χ0v) is 18.5. The van der Waals surface area contributed by atoms with E-state index in [9.17, 15) is 9.59 Å². The Kier molecular flexibility index (Phi) is 5.60. The number of para-hydroxylation sites is 1. The number of likely N-dealkylation sites (tertiary alicyclic amines) is 1. The molecule has 0 spiro atoms. The molecule has 3 heterocycles. The van der Waals surface area contributed by atoms with Gasteiger partial charge in [0.05, 0.1) is 29.6 Å². The highest BCUT2D eigenvalue weighted by Crippen LogP contribution is 2.25. The second kappa shape index (κ2) is 8.86. The minimum Gasteiger partial charge on any atom is -0.339 e. The number of pyridine rings is 1. The third-order valence-electron chi connectivity index (χ3n) is 6.05. The number of aryl methyl sites for hydroxylation is 1. The molecule has 4 aromatic rings. The number of rotatable bonds is 5. The zero-order valence-electron chi connectivity index (χ0n) is 18.5. The predicted octanol–water partition coefficient (Wildman–Crippen LogP) is 4.28. The van der Waals surface area contributed by atoms with Gasteiger partial charge in [0, 0.05) is 24.7 Å². The van der Waals surface area contributed by atoms with Crippen LogP contribution in [0.1, 0.15) is 44.7 Å². The average Bonchev–Trinajstić information content (AvgIpc) is 3.51. The molecule has 1 fully saturated rings. The van der Waals surface area contributed by atoms with Gasteiger partial charge in [-0.2, -0.15) is 5.10 Å². The summed E-state index contributed by atoms with van der Waals surface area (Å²) in [6, 6.07) is 17.3. The Bertz CT molecular complexity index is 1320. The van der Waals surface area contributed by atoms with E-state index in [-0.39, 0.29) is 11.8 Å². The molecule has 1 aliphatic rings. The maximum Gasteiger partial charge on any atom is 0.257 e. The summed E-state index contributed by atoms with van der Waals surface area (Å²) in [5.74, 6) is -0.341. The van der Waals surface area contributed by atoms with E-state index in [2.05, 4.69) is 15.4 Å². The molecular formula is C26H25N5O2. The lowest BCUT2D eigenvalue weighted by molar-refractivity contribution is 0.0793. The molecule has 7 nitrogen and oxygen atoms in total. The number of benzene rings is 2. The molecule has 2 aromatic carbocycles. The van der Waals surface area contributed by atoms with Gasteiger partial charge in [-0.05, 0) is 43.0 Å². The molecule has 0 saturated carbocycles. The highest BCUT2D eigenvalue weighted by molar-refractivity contribution is 6.10. The predicted molar refractivity (Wildman–Crippen MR) is 127 cm³/mol. The van der Waals surface area contributed by atoms with Gasteiger partial charge in [-0.1, -0.05) is 42.5 Å². The fourth-order valence-corrected chi connectivity index (χ4v) is 4.26. The maximum atomic E-state index is 13.1. The van der Waals surface area contributed by atoms with E-state index >= 15 is 0 Å². The van der Waals surface area contributed by atoms with Gasteiger partial charge < -0.3 is 10.2 Å². The molecule has 0 atom stereocenters. The number of hydrogen-bond donors (Lipinski definition) is 1. The van der Waals surface area contributed by atoms with Gasteiger partial charge in [-0.3, -0.25) is 9.59 Å². The first-order valence-electron chi connectivity index (χ1n) is 11.2. The molecule has 2 aromatic heterocycles. The van der Waals surface area contributed by atoms with Gasteiger partial charge in [0.25, 0.3) is 11.8 Å². The lowest BCUT2D eigenvalue weighted by Gasteiger charge is -2.19. The lowest BCUT2D eigenvalue weighted by atomic mass is 10.1. The minimum absolute atomic E-state index is 0.0396. The Labute approximate surface area is 192 Å². The van der Waals surface area contributed by atoms with Crippen molar-refractivity contribution in [2.75, 3.05) is 18.4 Å². The van der Waals surface area contributed by atoms with E-state index in [1.807, 2.05) is 59.0 Å². The molecule has 0 bridgehead atoms. The Morgan fingerprint density at radius 1 is 1.00 bits per heavy atom. The fraction of sp³-hybridized carbons (Fsp3) is 0.231. The first-order valence-corrected chi connectivity index (χ1v) is 11.2. The molecular weight excluding hydrogens is 414 g/mol. The van der Waals surface area contributed by atoms with E-state index in [1.54, 1.807) is 24.5 Å². The van der Waals surface area contributed by atoms with Crippen molar-refractivity contribution in [2.45, 2.75) is 26.3 Å². The van der Waals surface area contributed by atoms with Crippen LogP contribution in [0, 0.1) is 6.92 Å². The SMILES string of the molecule is Cc1cccc(C(=O)N2CCCC2)c1NC(=O)c1cnc2c(cnn2Cc2ccccc2)c1. The van der Waals surface area contributed by atoms with Crippen LogP contribution < -0.4 is 5.32 Å². The van der Waals surface area contributed by atoms with Crippen molar-refractivity contribution in [3.05, 3.63) is 89.2 Å². The summed E-state index contributed by atoms with van der Waals surface area (Å²) in [5.41, 5.74) is 4.19. The smallest absolute Gasteiger partial charge is 0.257 e. The molecule has 1 N–H and O–H groups in total. The summed E-state index contributed by atoms with van der Waals surface area (Å²) in [4.78, 5) is 32.5. The van der Waals surface area contributed by atoms with E-state index < -0.39 is 0 Å². The Morgan fingerprint density at radius 3 is 2.58 bits per heavy atom. The van der Waals surface area contributed by atoms with Crippen molar-refractivity contribution in [2.24, 2.45) is 0 Å². The molecule has 166 valence electrons. The minimum atomic E-state index is -0.301. The van der Waals surface area contributed by atoms with E-state index in [4.69, 9.17) is 0 Å². The molecule has 0 radical (unpaired) electrons. The highest BCUT2D eigenvalue weighted by Gasteiger charge is 2.23. The maximum absolute atomic E-state index is 13.1. The van der Waals surface area contributed by atoms with Crippen molar-refractivity contribution in [3.8, 4) is 0 Å². The number of carbonyl (C=O) groups excluding carboxylic acids is 2. The van der Waals surface area contributed by atoms with Gasteiger partial charge in [-0.15, -0.1) is 0 Å². The largest absolute Gasteiger partial charge is 0.339 e. The summed E-state index contributed by atoms with van der Waals surface area (Å²) in [6.07, 6.45) is 5.31. The zero-order chi connectivity index (χ0) is 22.8. The molecule has 7 heteroatoms. The second-order valence-corrected chi connectivity index (χ2v) is 8.38. The number of carbonyl (C=O) groups is 2. The third kappa shape index (κ3) is 4.22. The molecule has 0 unspecified atom stereocenters. The van der Waals surface area contributed by atoms with Crippen molar-refractivity contribution >= 4 is 28.5 Å². The van der Waals surface area contributed by atoms with Crippen LogP contribution in [0.2, 0.25) is 0 Å². The number of aromatic nitrogens is 3. The van der Waals surface area contributed by atoms with E-state index in [0.29, 0.717) is 23.4 Å². The topological polar surface area (TPSA) is 80.1 Å². The normalized spacial score (nSPS) is 13.4. The molecule has 1 saturated heterocycles. The van der Waals surface area contributed by atoms with Gasteiger partial charge >= 0.3 is 0 Å². The van der Waals surface area contributed by atoms with Crippen LogP contribution in [0.4, 0.5) is 5.69 Å². The van der Waals surface area contributed by atoms with Crippen LogP contribution in [0.25, 0.3) is 11.0 Å². The third-order valence-corrected chi connectivity index (χ3v) is 6.05. The van der Waals surface area contributed by atoms with E-state index in [1.165, 1.54) is 0 Å². The molecule has 2 amide bonds. The van der Waals surface area contributed by atoms with Gasteiger partial charge in [0.1, 0.15) is 0 Å². The summed E-state index contributed by atoms with van der Waals surface area (Å²) in [6.45, 7) is 4.01. The van der Waals surface area contributed by atoms with Gasteiger partial charge in [0.15, 0.2) is 5.65 Å². The quantitative estimate of drug-likeness (QED) is 0.503. The van der Waals surface area contributed by atoms with Gasteiger partial charge in [-0.25, -0.2) is 9.67 Å². The first kappa shape index (κ1) is 20.9. The molecule has 1 aliphatic heterocycles. The summed E-state index contributed by atoms with van der Waals surface area (Å²) >= 11 is 0. The number of hydrogen-bond acceptors (Lipinski definition) is 4. The molecule has 33 heavy (non-hydrogen) atoms. The van der Waals surface area contributed by atoms with Crippen LogP contribution in [-0.2, 0) is 6.54 Å². The van der Waals surface area contributed by atoms with Crippen molar-refractivity contribution in [1.29, 1.82) is 0 Å². The Morgan fingerprint density at radius 2 is 1.79 bits per heavy atom. The Hall–Kier alpha value is -4.00. The van der Waals surface area contributed by atoms with Crippen molar-refractivity contribution in [3.63, 3.8) is 0 Å². The lowest BCUT2D eigenvalue weighted by Crippen LogP contribution is -2.29. The average molecular weight is 440 g/mol. The number of nitrogens with one attached hydrogen (secondary N) is 1. The summed E-state index contributed by atoms with van der Waals surface area (Å²) in [5, 5.41) is 8.19. The molecule has 5 rings (SSSR count).